The van der Waals surface area contributed by atoms with E-state index >= 15 is 0 Å². The number of benzene rings is 2. The van der Waals surface area contributed by atoms with E-state index in [1.54, 1.807) is 30.3 Å². The van der Waals surface area contributed by atoms with Gasteiger partial charge in [0.25, 0.3) is 5.69 Å². The largest absolute Gasteiger partial charge is 0.321 e. The molecular formula is C15H10Cl2N2O3. The Bertz CT molecular complexity index is 760. The van der Waals surface area contributed by atoms with Crippen LogP contribution < -0.4 is 5.32 Å². The Balaban J connectivity index is 2.12. The van der Waals surface area contributed by atoms with Gasteiger partial charge in [0.05, 0.1) is 15.6 Å². The maximum absolute atomic E-state index is 11.8. The van der Waals surface area contributed by atoms with Gasteiger partial charge in [-0.15, -0.1) is 0 Å². The second kappa shape index (κ2) is 7.06. The lowest BCUT2D eigenvalue weighted by Gasteiger charge is -2.03. The standard InChI is InChI=1S/C15H10Cl2N2O3/c16-11-3-1-2-4-13(11)18-15(20)8-6-10-5-7-12(17)14(9-10)19(21)22/h1-9H,(H,18,20)/b8-6+. The van der Waals surface area contributed by atoms with Gasteiger partial charge in [-0.1, -0.05) is 41.4 Å². The van der Waals surface area contributed by atoms with E-state index in [9.17, 15) is 14.9 Å². The maximum Gasteiger partial charge on any atom is 0.288 e. The van der Waals surface area contributed by atoms with Crippen molar-refractivity contribution in [1.82, 2.24) is 0 Å². The number of rotatable bonds is 4. The average Bonchev–Trinajstić information content (AvgIpc) is 2.48. The highest BCUT2D eigenvalue weighted by molar-refractivity contribution is 6.34. The third-order valence-electron chi connectivity index (χ3n) is 2.73. The minimum Gasteiger partial charge on any atom is -0.321 e. The smallest absolute Gasteiger partial charge is 0.288 e. The molecule has 0 spiro atoms. The highest BCUT2D eigenvalue weighted by Gasteiger charge is 2.11. The number of halogens is 2. The summed E-state index contributed by atoms with van der Waals surface area (Å²) in [6.07, 6.45) is 2.71. The number of nitro groups is 1. The van der Waals surface area contributed by atoms with E-state index in [2.05, 4.69) is 5.32 Å². The fraction of sp³-hybridized carbons (Fsp3) is 0. The summed E-state index contributed by atoms with van der Waals surface area (Å²) in [6.45, 7) is 0. The zero-order chi connectivity index (χ0) is 16.1. The molecule has 0 aliphatic rings. The molecule has 7 heteroatoms. The molecule has 2 aromatic rings. The fourth-order valence-electron chi connectivity index (χ4n) is 1.68. The Hall–Kier alpha value is -2.37. The Labute approximate surface area is 136 Å². The van der Waals surface area contributed by atoms with Crippen LogP contribution in [0.15, 0.2) is 48.5 Å². The molecular weight excluding hydrogens is 327 g/mol. The van der Waals surface area contributed by atoms with Gasteiger partial charge in [0, 0.05) is 12.1 Å². The maximum atomic E-state index is 11.8. The SMILES string of the molecule is O=C(/C=C/c1ccc(Cl)c([N+](=O)[O-])c1)Nc1ccccc1Cl. The number of nitrogens with one attached hydrogen (secondary N) is 1. The number of carbonyl (C=O) groups excluding carboxylic acids is 1. The van der Waals surface area contributed by atoms with Crippen LogP contribution in [0.4, 0.5) is 11.4 Å². The molecule has 0 radical (unpaired) electrons. The van der Waals surface area contributed by atoms with Crippen molar-refractivity contribution in [3.8, 4) is 0 Å². The van der Waals surface area contributed by atoms with E-state index < -0.39 is 10.8 Å². The summed E-state index contributed by atoms with van der Waals surface area (Å²) >= 11 is 11.6. The van der Waals surface area contributed by atoms with Gasteiger partial charge in [0.1, 0.15) is 5.02 Å². The molecule has 5 nitrogen and oxygen atoms in total. The molecule has 0 fully saturated rings. The van der Waals surface area contributed by atoms with Crippen LogP contribution in [0.5, 0.6) is 0 Å². The number of hydrogen-bond acceptors (Lipinski definition) is 3. The first kappa shape index (κ1) is 16.0. The number of nitrogens with zero attached hydrogens (tertiary/aromatic N) is 1. The van der Waals surface area contributed by atoms with Crippen LogP contribution in [0.1, 0.15) is 5.56 Å². The number of hydrogen-bond donors (Lipinski definition) is 1. The molecule has 0 atom stereocenters. The summed E-state index contributed by atoms with van der Waals surface area (Å²) in [4.78, 5) is 22.0. The molecule has 0 heterocycles. The van der Waals surface area contributed by atoms with E-state index in [1.165, 1.54) is 24.3 Å². The molecule has 1 N–H and O–H groups in total. The number of para-hydroxylation sites is 1. The molecule has 0 aromatic heterocycles. The Morgan fingerprint density at radius 2 is 1.86 bits per heavy atom. The van der Waals surface area contributed by atoms with Crippen molar-refractivity contribution < 1.29 is 9.72 Å². The van der Waals surface area contributed by atoms with Crippen LogP contribution in [0.3, 0.4) is 0 Å². The van der Waals surface area contributed by atoms with E-state index in [-0.39, 0.29) is 10.7 Å². The minimum atomic E-state index is -0.580. The zero-order valence-corrected chi connectivity index (χ0v) is 12.6. The first-order chi connectivity index (χ1) is 10.5. The lowest BCUT2D eigenvalue weighted by atomic mass is 10.2. The summed E-state index contributed by atoms with van der Waals surface area (Å²) in [5, 5.41) is 13.9. The van der Waals surface area contributed by atoms with Crippen molar-refractivity contribution in [3.05, 3.63) is 74.3 Å². The molecule has 0 aliphatic carbocycles. The van der Waals surface area contributed by atoms with Crippen LogP contribution in [-0.4, -0.2) is 10.8 Å². The van der Waals surface area contributed by atoms with Gasteiger partial charge in [0.2, 0.25) is 5.91 Å². The topological polar surface area (TPSA) is 72.2 Å². The monoisotopic (exact) mass is 336 g/mol. The van der Waals surface area contributed by atoms with E-state index in [4.69, 9.17) is 23.2 Å². The van der Waals surface area contributed by atoms with E-state index in [0.717, 1.165) is 0 Å². The van der Waals surface area contributed by atoms with E-state index in [0.29, 0.717) is 16.3 Å². The van der Waals surface area contributed by atoms with Crippen LogP contribution in [0.25, 0.3) is 6.08 Å². The normalized spacial score (nSPS) is 10.6. The Morgan fingerprint density at radius 3 is 2.55 bits per heavy atom. The molecule has 1 amide bonds. The minimum absolute atomic E-state index is 0.0441. The molecule has 0 bridgehead atoms. The van der Waals surface area contributed by atoms with Gasteiger partial charge in [-0.2, -0.15) is 0 Å². The van der Waals surface area contributed by atoms with Crippen LogP contribution in [0, 0.1) is 10.1 Å². The van der Waals surface area contributed by atoms with Crippen LogP contribution >= 0.6 is 23.2 Å². The van der Waals surface area contributed by atoms with Gasteiger partial charge < -0.3 is 5.32 Å². The van der Waals surface area contributed by atoms with Crippen molar-refractivity contribution in [2.24, 2.45) is 0 Å². The fourth-order valence-corrected chi connectivity index (χ4v) is 2.05. The van der Waals surface area contributed by atoms with Gasteiger partial charge >= 0.3 is 0 Å². The number of nitro benzene ring substituents is 1. The third kappa shape index (κ3) is 4.07. The zero-order valence-electron chi connectivity index (χ0n) is 11.1. The average molecular weight is 337 g/mol. The molecule has 0 saturated heterocycles. The number of amides is 1. The summed E-state index contributed by atoms with van der Waals surface area (Å²) < 4.78 is 0. The summed E-state index contributed by atoms with van der Waals surface area (Å²) in [6, 6.07) is 11.1. The first-order valence-corrected chi connectivity index (χ1v) is 6.90. The Morgan fingerprint density at radius 1 is 1.14 bits per heavy atom. The molecule has 0 aliphatic heterocycles. The third-order valence-corrected chi connectivity index (χ3v) is 3.37. The van der Waals surface area contributed by atoms with Gasteiger partial charge in [0.15, 0.2) is 0 Å². The highest BCUT2D eigenvalue weighted by Crippen LogP contribution is 2.25. The number of anilines is 1. The van der Waals surface area contributed by atoms with Crippen LogP contribution in [0.2, 0.25) is 10.0 Å². The lowest BCUT2D eigenvalue weighted by Crippen LogP contribution is -2.07. The van der Waals surface area contributed by atoms with Crippen molar-refractivity contribution >= 4 is 46.6 Å². The van der Waals surface area contributed by atoms with Crippen LogP contribution in [-0.2, 0) is 4.79 Å². The quantitative estimate of drug-likeness (QED) is 0.505. The first-order valence-electron chi connectivity index (χ1n) is 6.15. The molecule has 0 unspecified atom stereocenters. The summed E-state index contributed by atoms with van der Waals surface area (Å²) in [5.41, 5.74) is 0.765. The van der Waals surface area contributed by atoms with Crippen molar-refractivity contribution in [1.29, 1.82) is 0 Å². The Kier molecular flexibility index (Phi) is 5.14. The predicted molar refractivity (Wildman–Crippen MR) is 87.2 cm³/mol. The predicted octanol–water partition coefficient (Wildman–Crippen LogP) is 4.55. The lowest BCUT2D eigenvalue weighted by molar-refractivity contribution is -0.384. The van der Waals surface area contributed by atoms with E-state index in [1.807, 2.05) is 0 Å². The van der Waals surface area contributed by atoms with Gasteiger partial charge in [-0.3, -0.25) is 14.9 Å². The second-order valence-electron chi connectivity index (χ2n) is 4.27. The van der Waals surface area contributed by atoms with Crippen molar-refractivity contribution in [3.63, 3.8) is 0 Å². The van der Waals surface area contributed by atoms with Gasteiger partial charge in [-0.25, -0.2) is 0 Å². The molecule has 0 saturated carbocycles. The molecule has 22 heavy (non-hydrogen) atoms. The number of carbonyl (C=O) groups is 1. The van der Waals surface area contributed by atoms with Gasteiger partial charge in [-0.05, 0) is 29.8 Å². The highest BCUT2D eigenvalue weighted by atomic mass is 35.5. The van der Waals surface area contributed by atoms with Crippen molar-refractivity contribution in [2.75, 3.05) is 5.32 Å². The second-order valence-corrected chi connectivity index (χ2v) is 5.08. The summed E-state index contributed by atoms with van der Waals surface area (Å²) in [7, 11) is 0. The molecule has 2 rings (SSSR count). The van der Waals surface area contributed by atoms with Crippen molar-refractivity contribution in [2.45, 2.75) is 0 Å². The molecule has 112 valence electrons. The molecule has 2 aromatic carbocycles. The summed E-state index contributed by atoms with van der Waals surface area (Å²) in [5.74, 6) is -0.397.